The summed E-state index contributed by atoms with van der Waals surface area (Å²) in [5, 5.41) is 0.778. The van der Waals surface area contributed by atoms with Crippen molar-refractivity contribution in [3.05, 3.63) is 108 Å². The van der Waals surface area contributed by atoms with Crippen molar-refractivity contribution >= 4 is 15.9 Å². The molecule has 0 amide bonds. The van der Waals surface area contributed by atoms with Gasteiger partial charge in [0.15, 0.2) is 6.29 Å². The zero-order valence-corrected chi connectivity index (χ0v) is 21.6. The molecule has 4 rings (SSSR count). The molecular formula is C29H33BrO5. The Morgan fingerprint density at radius 3 is 1.49 bits per heavy atom. The molecule has 0 unspecified atom stereocenters. The molecule has 0 radical (unpaired) electrons. The van der Waals surface area contributed by atoms with Crippen LogP contribution in [0.5, 0.6) is 0 Å². The summed E-state index contributed by atoms with van der Waals surface area (Å²) in [6.07, 6.45) is -1.19. The third-order valence-corrected chi connectivity index (χ3v) is 6.53. The summed E-state index contributed by atoms with van der Waals surface area (Å²) < 4.78 is 31.6. The number of methoxy groups -OCH3 is 1. The lowest BCUT2D eigenvalue weighted by Gasteiger charge is -2.45. The van der Waals surface area contributed by atoms with Crippen molar-refractivity contribution in [2.45, 2.75) is 56.9 Å². The van der Waals surface area contributed by atoms with Crippen LogP contribution in [0.25, 0.3) is 0 Å². The van der Waals surface area contributed by atoms with Gasteiger partial charge in [0.2, 0.25) is 0 Å². The van der Waals surface area contributed by atoms with E-state index in [0.717, 1.165) is 28.4 Å². The maximum absolute atomic E-state index is 6.55. The normalized spacial score (nSPS) is 24.3. The topological polar surface area (TPSA) is 46.2 Å². The molecule has 0 aromatic heterocycles. The summed E-state index contributed by atoms with van der Waals surface area (Å²) in [6, 6.07) is 30.4. The molecule has 0 saturated carbocycles. The molecule has 0 aliphatic carbocycles. The van der Waals surface area contributed by atoms with E-state index in [4.69, 9.17) is 23.7 Å². The second kappa shape index (κ2) is 13.9. The van der Waals surface area contributed by atoms with Crippen LogP contribution < -0.4 is 0 Å². The SMILES string of the molecule is CO[C@H]1O[C@H](CCBr)[C@@H](OCc2ccccc2)[C@H](OCc2ccccc2)[C@@H]1OCc1ccccc1. The van der Waals surface area contributed by atoms with Gasteiger partial charge in [-0.1, -0.05) is 107 Å². The van der Waals surface area contributed by atoms with Crippen LogP contribution in [0.3, 0.4) is 0 Å². The standard InChI is InChI=1S/C29H33BrO5/c1-31-29-28(34-21-24-15-9-4-10-16-24)27(33-20-23-13-7-3-8-14-23)26(25(35-29)17-18-30)32-19-22-11-5-2-6-12-22/h2-16,25-29H,17-21H2,1H3/t25-,26-,27+,28+,29+/m1/s1. The Balaban J connectivity index is 1.58. The fourth-order valence-electron chi connectivity index (χ4n) is 4.28. The second-order valence-electron chi connectivity index (χ2n) is 8.54. The van der Waals surface area contributed by atoms with E-state index in [1.165, 1.54) is 0 Å². The highest BCUT2D eigenvalue weighted by Gasteiger charge is 2.48. The summed E-state index contributed by atoms with van der Waals surface area (Å²) in [7, 11) is 1.65. The molecule has 3 aromatic carbocycles. The molecule has 6 heteroatoms. The van der Waals surface area contributed by atoms with Crippen molar-refractivity contribution in [3.63, 3.8) is 0 Å². The molecule has 0 N–H and O–H groups in total. The Kier molecular flexibility index (Phi) is 10.3. The molecule has 1 aliphatic rings. The van der Waals surface area contributed by atoms with Crippen molar-refractivity contribution in [1.82, 2.24) is 0 Å². The first-order valence-corrected chi connectivity index (χ1v) is 13.1. The summed E-state index contributed by atoms with van der Waals surface area (Å²) in [5.74, 6) is 0. The predicted molar refractivity (Wildman–Crippen MR) is 139 cm³/mol. The Morgan fingerprint density at radius 1 is 0.629 bits per heavy atom. The van der Waals surface area contributed by atoms with E-state index in [0.29, 0.717) is 19.8 Å². The summed E-state index contributed by atoms with van der Waals surface area (Å²) in [4.78, 5) is 0. The number of benzene rings is 3. The third kappa shape index (κ3) is 7.46. The summed E-state index contributed by atoms with van der Waals surface area (Å²) in [5.41, 5.74) is 3.27. The first kappa shape index (κ1) is 26.0. The Bertz CT molecular complexity index is 972. The maximum atomic E-state index is 6.55. The van der Waals surface area contributed by atoms with Crippen LogP contribution in [0.15, 0.2) is 91.0 Å². The second-order valence-corrected chi connectivity index (χ2v) is 9.33. The number of hydrogen-bond acceptors (Lipinski definition) is 5. The van der Waals surface area contributed by atoms with Crippen LogP contribution in [-0.4, -0.2) is 43.1 Å². The van der Waals surface area contributed by atoms with E-state index in [2.05, 4.69) is 40.2 Å². The van der Waals surface area contributed by atoms with Gasteiger partial charge < -0.3 is 23.7 Å². The minimum Gasteiger partial charge on any atom is -0.368 e. The van der Waals surface area contributed by atoms with E-state index in [1.807, 2.05) is 66.7 Å². The van der Waals surface area contributed by atoms with Crippen molar-refractivity contribution in [3.8, 4) is 0 Å². The molecule has 0 spiro atoms. The van der Waals surface area contributed by atoms with Crippen LogP contribution in [0, 0.1) is 0 Å². The molecule has 5 atom stereocenters. The highest BCUT2D eigenvalue weighted by molar-refractivity contribution is 9.09. The molecule has 5 nitrogen and oxygen atoms in total. The van der Waals surface area contributed by atoms with E-state index in [1.54, 1.807) is 7.11 Å². The lowest BCUT2D eigenvalue weighted by atomic mass is 9.96. The molecule has 1 heterocycles. The number of halogens is 1. The van der Waals surface area contributed by atoms with Gasteiger partial charge in [-0.05, 0) is 23.1 Å². The average Bonchev–Trinajstić information content (AvgIpc) is 2.92. The van der Waals surface area contributed by atoms with Gasteiger partial charge in [0.25, 0.3) is 0 Å². The first-order valence-electron chi connectivity index (χ1n) is 12.0. The molecule has 35 heavy (non-hydrogen) atoms. The third-order valence-electron chi connectivity index (χ3n) is 6.07. The van der Waals surface area contributed by atoms with E-state index < -0.39 is 12.4 Å². The Morgan fingerprint density at radius 2 is 1.06 bits per heavy atom. The number of alkyl halides is 1. The Labute approximate surface area is 216 Å². The van der Waals surface area contributed by atoms with E-state index >= 15 is 0 Å². The monoisotopic (exact) mass is 540 g/mol. The fraction of sp³-hybridized carbons (Fsp3) is 0.379. The van der Waals surface area contributed by atoms with Gasteiger partial charge in [0.1, 0.15) is 18.3 Å². The highest BCUT2D eigenvalue weighted by Crippen LogP contribution is 2.32. The van der Waals surface area contributed by atoms with Crippen LogP contribution >= 0.6 is 15.9 Å². The van der Waals surface area contributed by atoms with Gasteiger partial charge in [-0.2, -0.15) is 0 Å². The minimum atomic E-state index is -0.569. The molecule has 1 fully saturated rings. The van der Waals surface area contributed by atoms with Crippen molar-refractivity contribution in [1.29, 1.82) is 0 Å². The lowest BCUT2D eigenvalue weighted by molar-refractivity contribution is -0.317. The van der Waals surface area contributed by atoms with Crippen molar-refractivity contribution in [2.75, 3.05) is 12.4 Å². The molecular weight excluding hydrogens is 508 g/mol. The van der Waals surface area contributed by atoms with Crippen LogP contribution in [-0.2, 0) is 43.5 Å². The molecule has 3 aromatic rings. The van der Waals surface area contributed by atoms with E-state index in [-0.39, 0.29) is 18.3 Å². The largest absolute Gasteiger partial charge is 0.368 e. The van der Waals surface area contributed by atoms with Crippen LogP contribution in [0.1, 0.15) is 23.1 Å². The summed E-state index contributed by atoms with van der Waals surface area (Å²) >= 11 is 3.57. The average molecular weight is 541 g/mol. The van der Waals surface area contributed by atoms with E-state index in [9.17, 15) is 0 Å². The Hall–Kier alpha value is -2.06. The molecule has 1 saturated heterocycles. The molecule has 186 valence electrons. The molecule has 1 aliphatic heterocycles. The molecule has 0 bridgehead atoms. The van der Waals surface area contributed by atoms with Gasteiger partial charge in [0, 0.05) is 12.4 Å². The van der Waals surface area contributed by atoms with Crippen molar-refractivity contribution < 1.29 is 23.7 Å². The number of rotatable bonds is 12. The van der Waals surface area contributed by atoms with Gasteiger partial charge in [-0.25, -0.2) is 0 Å². The van der Waals surface area contributed by atoms with Crippen molar-refractivity contribution in [2.24, 2.45) is 0 Å². The minimum absolute atomic E-state index is 0.208. The van der Waals surface area contributed by atoms with Gasteiger partial charge in [-0.15, -0.1) is 0 Å². The van der Waals surface area contributed by atoms with Gasteiger partial charge in [0.05, 0.1) is 25.9 Å². The highest BCUT2D eigenvalue weighted by atomic mass is 79.9. The maximum Gasteiger partial charge on any atom is 0.186 e. The zero-order valence-electron chi connectivity index (χ0n) is 20.0. The fourth-order valence-corrected chi connectivity index (χ4v) is 4.73. The van der Waals surface area contributed by atoms with Crippen LogP contribution in [0.4, 0.5) is 0 Å². The zero-order chi connectivity index (χ0) is 24.3. The predicted octanol–water partition coefficient (Wildman–Crippen LogP) is 5.90. The smallest absolute Gasteiger partial charge is 0.186 e. The lowest BCUT2D eigenvalue weighted by Crippen LogP contribution is -2.60. The quantitative estimate of drug-likeness (QED) is 0.267. The first-order chi connectivity index (χ1) is 17.3. The van der Waals surface area contributed by atoms with Gasteiger partial charge >= 0.3 is 0 Å². The number of ether oxygens (including phenoxy) is 5. The van der Waals surface area contributed by atoms with Gasteiger partial charge in [-0.3, -0.25) is 0 Å². The summed E-state index contributed by atoms with van der Waals surface area (Å²) in [6.45, 7) is 1.33. The number of hydrogen-bond donors (Lipinski definition) is 0. The van der Waals surface area contributed by atoms with Crippen LogP contribution in [0.2, 0.25) is 0 Å².